The molecular weight excluding hydrogens is 492 g/mol. The van der Waals surface area contributed by atoms with Gasteiger partial charge in [-0.1, -0.05) is 90.9 Å². The van der Waals surface area contributed by atoms with Crippen molar-refractivity contribution in [1.82, 2.24) is 26.2 Å². The fourth-order valence-electron chi connectivity index (χ4n) is 5.26. The first-order chi connectivity index (χ1) is 19.8. The van der Waals surface area contributed by atoms with Crippen molar-refractivity contribution in [1.29, 1.82) is 0 Å². The molecule has 242 valence electrons. The molecule has 0 saturated carbocycles. The maximum Gasteiger partial charge on any atom is -0.000662 e. The molecule has 0 aliphatic carbocycles. The number of rotatable bonds is 36. The lowest BCUT2D eigenvalue weighted by molar-refractivity contribution is 0.260. The van der Waals surface area contributed by atoms with Gasteiger partial charge in [0, 0.05) is 0 Å². The van der Waals surface area contributed by atoms with Crippen LogP contribution in [0.4, 0.5) is 0 Å². The molecule has 0 fully saturated rings. The molecule has 0 unspecified atom stereocenters. The Morgan fingerprint density at radius 3 is 0.975 bits per heavy atom. The molecule has 40 heavy (non-hydrogen) atoms. The van der Waals surface area contributed by atoms with Crippen LogP contribution in [-0.2, 0) is 0 Å². The monoisotopic (exact) mass is 569 g/mol. The molecule has 0 rings (SSSR count). The summed E-state index contributed by atoms with van der Waals surface area (Å²) >= 11 is 0. The summed E-state index contributed by atoms with van der Waals surface area (Å²) in [5.74, 6) is 0. The highest BCUT2D eigenvalue weighted by molar-refractivity contribution is 4.63. The lowest BCUT2D eigenvalue weighted by atomic mass is 10.1. The second-order valence-electron chi connectivity index (χ2n) is 12.0. The average Bonchev–Trinajstić information content (AvgIpc) is 2.97. The van der Waals surface area contributed by atoms with Gasteiger partial charge in [0.15, 0.2) is 0 Å². The van der Waals surface area contributed by atoms with E-state index in [0.29, 0.717) is 0 Å². The number of nitrogens with zero attached hydrogens (tertiary/aromatic N) is 1. The van der Waals surface area contributed by atoms with Gasteiger partial charge < -0.3 is 31.9 Å². The normalized spacial score (nSPS) is 11.7. The summed E-state index contributed by atoms with van der Waals surface area (Å²) in [6.45, 7) is 18.3. The standard InChI is InChI=1S/C34H76N6/c1-3-5-7-9-11-13-15-24-37-29-20-32-40(33-21-30-38-25-16-14-12-10-8-6-4-2)34-22-31-39-27-18-17-26-36-28-19-23-35/h36-39H,3-35H2,1-2H3. The van der Waals surface area contributed by atoms with E-state index in [1.54, 1.807) is 0 Å². The van der Waals surface area contributed by atoms with Gasteiger partial charge in [0.05, 0.1) is 0 Å². The predicted octanol–water partition coefficient (Wildman–Crippen LogP) is 6.45. The number of hydrogen-bond donors (Lipinski definition) is 5. The lowest BCUT2D eigenvalue weighted by Gasteiger charge is -2.23. The van der Waals surface area contributed by atoms with Gasteiger partial charge in [-0.15, -0.1) is 0 Å². The third-order valence-corrected chi connectivity index (χ3v) is 7.91. The highest BCUT2D eigenvalue weighted by Crippen LogP contribution is 2.07. The van der Waals surface area contributed by atoms with Crippen LogP contribution in [0.2, 0.25) is 0 Å². The van der Waals surface area contributed by atoms with E-state index in [2.05, 4.69) is 40.0 Å². The minimum atomic E-state index is 0.789. The van der Waals surface area contributed by atoms with Gasteiger partial charge in [-0.25, -0.2) is 0 Å². The molecule has 0 aliphatic rings. The minimum Gasteiger partial charge on any atom is -0.330 e. The summed E-state index contributed by atoms with van der Waals surface area (Å²) in [5, 5.41) is 14.5. The molecule has 0 radical (unpaired) electrons. The smallest absolute Gasteiger partial charge is 0.000662 e. The van der Waals surface area contributed by atoms with E-state index in [0.717, 1.165) is 39.1 Å². The summed E-state index contributed by atoms with van der Waals surface area (Å²) in [6, 6.07) is 0. The fraction of sp³-hybridized carbons (Fsp3) is 1.00. The predicted molar refractivity (Wildman–Crippen MR) is 181 cm³/mol. The van der Waals surface area contributed by atoms with Gasteiger partial charge in [-0.05, 0) is 130 Å². The molecule has 6 N–H and O–H groups in total. The first kappa shape index (κ1) is 39.8. The molecule has 0 aliphatic heterocycles. The Morgan fingerprint density at radius 1 is 0.350 bits per heavy atom. The van der Waals surface area contributed by atoms with Crippen LogP contribution in [0.1, 0.15) is 142 Å². The first-order valence-corrected chi connectivity index (χ1v) is 18.1. The van der Waals surface area contributed by atoms with Gasteiger partial charge in [0.2, 0.25) is 0 Å². The molecule has 0 heterocycles. The van der Waals surface area contributed by atoms with Crippen molar-refractivity contribution in [2.24, 2.45) is 5.73 Å². The van der Waals surface area contributed by atoms with E-state index in [-0.39, 0.29) is 0 Å². The van der Waals surface area contributed by atoms with Gasteiger partial charge in [0.25, 0.3) is 0 Å². The molecule has 0 amide bonds. The van der Waals surface area contributed by atoms with E-state index in [4.69, 9.17) is 5.73 Å². The number of nitrogens with one attached hydrogen (secondary N) is 4. The van der Waals surface area contributed by atoms with Crippen molar-refractivity contribution >= 4 is 0 Å². The fourth-order valence-corrected chi connectivity index (χ4v) is 5.26. The zero-order valence-corrected chi connectivity index (χ0v) is 27.7. The number of hydrogen-bond acceptors (Lipinski definition) is 6. The maximum absolute atomic E-state index is 5.54. The van der Waals surface area contributed by atoms with Crippen LogP contribution in [-0.4, -0.2) is 83.4 Å². The van der Waals surface area contributed by atoms with Crippen molar-refractivity contribution in [2.75, 3.05) is 78.5 Å². The van der Waals surface area contributed by atoms with Crippen LogP contribution in [0, 0.1) is 0 Å². The van der Waals surface area contributed by atoms with Crippen LogP contribution in [0.3, 0.4) is 0 Å². The summed E-state index contributed by atoms with van der Waals surface area (Å²) in [4.78, 5) is 2.72. The quantitative estimate of drug-likeness (QED) is 0.0560. The molecule has 0 saturated heterocycles. The second kappa shape index (κ2) is 36.8. The average molecular weight is 569 g/mol. The van der Waals surface area contributed by atoms with E-state index in [9.17, 15) is 0 Å². The molecule has 0 aromatic rings. The Balaban J connectivity index is 3.89. The highest BCUT2D eigenvalue weighted by atomic mass is 15.1. The lowest BCUT2D eigenvalue weighted by Crippen LogP contribution is -2.33. The highest BCUT2D eigenvalue weighted by Gasteiger charge is 2.05. The molecule has 0 aromatic heterocycles. The van der Waals surface area contributed by atoms with Crippen molar-refractivity contribution in [3.05, 3.63) is 0 Å². The Kier molecular flexibility index (Phi) is 36.6. The summed E-state index contributed by atoms with van der Waals surface area (Å²) in [7, 11) is 0. The molecule has 0 atom stereocenters. The summed E-state index contributed by atoms with van der Waals surface area (Å²) < 4.78 is 0. The van der Waals surface area contributed by atoms with E-state index >= 15 is 0 Å². The number of unbranched alkanes of at least 4 members (excludes halogenated alkanes) is 13. The zero-order chi connectivity index (χ0) is 29.0. The largest absolute Gasteiger partial charge is 0.330 e. The Morgan fingerprint density at radius 2 is 0.625 bits per heavy atom. The molecule has 6 heteroatoms. The third kappa shape index (κ3) is 34.0. The Hall–Kier alpha value is -0.240. The van der Waals surface area contributed by atoms with Crippen LogP contribution in [0.25, 0.3) is 0 Å². The van der Waals surface area contributed by atoms with Crippen LogP contribution >= 0.6 is 0 Å². The SMILES string of the molecule is CCCCCCCCCNCCCN(CCCNCCCCCCCCC)CCCNCCCCNCCCN. The third-order valence-electron chi connectivity index (χ3n) is 7.91. The molecule has 0 bridgehead atoms. The number of nitrogens with two attached hydrogens (primary N) is 1. The molecule has 6 nitrogen and oxygen atoms in total. The van der Waals surface area contributed by atoms with Crippen molar-refractivity contribution < 1.29 is 0 Å². The van der Waals surface area contributed by atoms with E-state index in [1.807, 2.05) is 0 Å². The van der Waals surface area contributed by atoms with Gasteiger partial charge >= 0.3 is 0 Å². The first-order valence-electron chi connectivity index (χ1n) is 18.1. The van der Waals surface area contributed by atoms with Gasteiger partial charge in [-0.2, -0.15) is 0 Å². The van der Waals surface area contributed by atoms with Crippen LogP contribution in [0.5, 0.6) is 0 Å². The van der Waals surface area contributed by atoms with Crippen molar-refractivity contribution in [3.63, 3.8) is 0 Å². The van der Waals surface area contributed by atoms with Crippen LogP contribution < -0.4 is 27.0 Å². The maximum atomic E-state index is 5.54. The Labute approximate surface area is 252 Å². The molecular formula is C34H76N6. The zero-order valence-electron chi connectivity index (χ0n) is 27.7. The van der Waals surface area contributed by atoms with Crippen molar-refractivity contribution in [3.8, 4) is 0 Å². The van der Waals surface area contributed by atoms with Crippen LogP contribution in [0.15, 0.2) is 0 Å². The summed E-state index contributed by atoms with van der Waals surface area (Å²) in [6.07, 6.45) is 26.9. The minimum absolute atomic E-state index is 0.789. The Bertz CT molecular complexity index is 375. The summed E-state index contributed by atoms with van der Waals surface area (Å²) in [5.41, 5.74) is 5.54. The topological polar surface area (TPSA) is 77.4 Å². The second-order valence-corrected chi connectivity index (χ2v) is 12.0. The van der Waals surface area contributed by atoms with E-state index in [1.165, 1.54) is 168 Å². The van der Waals surface area contributed by atoms with E-state index < -0.39 is 0 Å². The van der Waals surface area contributed by atoms with Crippen molar-refractivity contribution in [2.45, 2.75) is 142 Å². The molecule has 0 aromatic carbocycles. The van der Waals surface area contributed by atoms with Gasteiger partial charge in [-0.3, -0.25) is 0 Å². The van der Waals surface area contributed by atoms with Gasteiger partial charge in [0.1, 0.15) is 0 Å². The molecule has 0 spiro atoms.